The lowest BCUT2D eigenvalue weighted by Crippen LogP contribution is -2.57. The molecular weight excluding hydrogens is 400 g/mol. The molecule has 2 aliphatic rings. The summed E-state index contributed by atoms with van der Waals surface area (Å²) in [6.07, 6.45) is 3.86. The molecule has 0 aromatic heterocycles. The molecule has 3 aromatic rings. The quantitative estimate of drug-likeness (QED) is 0.353. The molecule has 3 aromatic carbocycles. The molecule has 6 heteroatoms. The van der Waals surface area contributed by atoms with Gasteiger partial charge in [0.1, 0.15) is 5.75 Å². The number of anilines is 2. The van der Waals surface area contributed by atoms with E-state index in [4.69, 9.17) is 16.3 Å². The Morgan fingerprint density at radius 3 is 2.47 bits per heavy atom. The van der Waals surface area contributed by atoms with Gasteiger partial charge >= 0.3 is 0 Å². The Balaban J connectivity index is 1.75. The molecule has 0 bridgehead atoms. The van der Waals surface area contributed by atoms with Gasteiger partial charge in [0, 0.05) is 29.1 Å². The average Bonchev–Trinajstić information content (AvgIpc) is 2.93. The van der Waals surface area contributed by atoms with Gasteiger partial charge in [-0.2, -0.15) is 0 Å². The van der Waals surface area contributed by atoms with E-state index in [2.05, 4.69) is 30.9 Å². The van der Waals surface area contributed by atoms with E-state index < -0.39 is 16.1 Å². The fourth-order valence-corrected chi connectivity index (χ4v) is 4.80. The maximum Gasteiger partial charge on any atom is 0.271 e. The Morgan fingerprint density at radius 1 is 1.03 bits per heavy atom. The number of nitro benzene ring substituents is 1. The zero-order valence-electron chi connectivity index (χ0n) is 16.5. The molecule has 0 saturated carbocycles. The van der Waals surface area contributed by atoms with Crippen molar-refractivity contribution in [3.05, 3.63) is 99.1 Å². The number of fused-ring (bicyclic) bond motifs is 2. The van der Waals surface area contributed by atoms with E-state index in [0.29, 0.717) is 11.3 Å². The second kappa shape index (κ2) is 6.34. The maximum atomic E-state index is 11.3. The van der Waals surface area contributed by atoms with Gasteiger partial charge in [-0.05, 0) is 49.8 Å². The molecule has 0 aliphatic carbocycles. The Labute approximate surface area is 179 Å². The summed E-state index contributed by atoms with van der Waals surface area (Å²) in [6, 6.07) is 21.1. The monoisotopic (exact) mass is 418 g/mol. The van der Waals surface area contributed by atoms with Crippen LogP contribution in [0.1, 0.15) is 25.0 Å². The van der Waals surface area contributed by atoms with Crippen LogP contribution in [0, 0.1) is 10.1 Å². The summed E-state index contributed by atoms with van der Waals surface area (Å²) in [5, 5.41) is 11.5. The van der Waals surface area contributed by atoms with E-state index in [1.54, 1.807) is 0 Å². The largest absolute Gasteiger partial charge is 0.461 e. The van der Waals surface area contributed by atoms with Crippen LogP contribution in [-0.2, 0) is 5.41 Å². The van der Waals surface area contributed by atoms with Crippen LogP contribution >= 0.6 is 11.6 Å². The number of hydrogen-bond acceptors (Lipinski definition) is 4. The van der Waals surface area contributed by atoms with Gasteiger partial charge in [-0.1, -0.05) is 48.0 Å². The third kappa shape index (κ3) is 2.42. The summed E-state index contributed by atoms with van der Waals surface area (Å²) >= 11 is 6.47. The standard InChI is InChI=1S/C24H19ClN2O3/c1-23(2)19-10-6-7-11-21(19)26(17-8-4-3-5-9-17)24(23)13-12-16-14-18(27(28)29)15-20(25)22(16)30-24/h3-15H,1-2H3. The van der Waals surface area contributed by atoms with Crippen LogP contribution in [0.5, 0.6) is 5.75 Å². The van der Waals surface area contributed by atoms with Crippen molar-refractivity contribution in [3.63, 3.8) is 0 Å². The summed E-state index contributed by atoms with van der Waals surface area (Å²) in [6.45, 7) is 4.28. The molecule has 5 nitrogen and oxygen atoms in total. The number of nitro groups is 1. The van der Waals surface area contributed by atoms with Crippen molar-refractivity contribution in [1.82, 2.24) is 0 Å². The minimum atomic E-state index is -0.884. The Hall–Kier alpha value is -3.31. The first-order valence-electron chi connectivity index (χ1n) is 9.66. The van der Waals surface area contributed by atoms with Crippen LogP contribution in [0.25, 0.3) is 6.08 Å². The van der Waals surface area contributed by atoms with Crippen LogP contribution in [-0.4, -0.2) is 10.6 Å². The number of nitrogens with zero attached hydrogens (tertiary/aromatic N) is 2. The predicted octanol–water partition coefficient (Wildman–Crippen LogP) is 6.48. The van der Waals surface area contributed by atoms with Crippen molar-refractivity contribution in [2.24, 2.45) is 0 Å². The van der Waals surface area contributed by atoms with Crippen molar-refractivity contribution in [2.45, 2.75) is 25.0 Å². The van der Waals surface area contributed by atoms with E-state index >= 15 is 0 Å². The first kappa shape index (κ1) is 18.7. The van der Waals surface area contributed by atoms with Crippen molar-refractivity contribution in [3.8, 4) is 5.75 Å². The lowest BCUT2D eigenvalue weighted by Gasteiger charge is -2.47. The molecule has 2 heterocycles. The number of benzene rings is 3. The summed E-state index contributed by atoms with van der Waals surface area (Å²) < 4.78 is 6.70. The Morgan fingerprint density at radius 2 is 1.73 bits per heavy atom. The Bertz CT molecular complexity index is 1210. The first-order chi connectivity index (χ1) is 14.3. The van der Waals surface area contributed by atoms with Gasteiger partial charge in [-0.15, -0.1) is 0 Å². The van der Waals surface area contributed by atoms with E-state index in [-0.39, 0.29) is 10.7 Å². The van der Waals surface area contributed by atoms with E-state index in [9.17, 15) is 10.1 Å². The third-order valence-corrected chi connectivity index (χ3v) is 6.36. The molecule has 0 saturated heterocycles. The molecule has 2 aliphatic heterocycles. The number of hydrogen-bond donors (Lipinski definition) is 0. The first-order valence-corrected chi connectivity index (χ1v) is 10.0. The lowest BCUT2D eigenvalue weighted by atomic mass is 9.76. The molecule has 0 amide bonds. The minimum absolute atomic E-state index is 0.0585. The van der Waals surface area contributed by atoms with Crippen molar-refractivity contribution >= 4 is 34.7 Å². The number of rotatable bonds is 2. The number of halogens is 1. The highest BCUT2D eigenvalue weighted by Crippen LogP contribution is 2.58. The lowest BCUT2D eigenvalue weighted by molar-refractivity contribution is -0.384. The second-order valence-corrected chi connectivity index (χ2v) is 8.46. The predicted molar refractivity (Wildman–Crippen MR) is 119 cm³/mol. The molecule has 1 unspecified atom stereocenters. The van der Waals surface area contributed by atoms with Gasteiger partial charge in [-0.3, -0.25) is 15.0 Å². The zero-order chi connectivity index (χ0) is 21.1. The molecule has 0 radical (unpaired) electrons. The highest BCUT2D eigenvalue weighted by atomic mass is 35.5. The maximum absolute atomic E-state index is 11.3. The molecule has 1 atom stereocenters. The van der Waals surface area contributed by atoms with Crippen LogP contribution in [0.4, 0.5) is 17.1 Å². The fraction of sp³-hybridized carbons (Fsp3) is 0.167. The molecule has 0 fully saturated rings. The van der Waals surface area contributed by atoms with Gasteiger partial charge in [-0.25, -0.2) is 0 Å². The molecule has 5 rings (SSSR count). The van der Waals surface area contributed by atoms with Crippen molar-refractivity contribution in [2.75, 3.05) is 4.90 Å². The minimum Gasteiger partial charge on any atom is -0.461 e. The molecule has 30 heavy (non-hydrogen) atoms. The van der Waals surface area contributed by atoms with Crippen molar-refractivity contribution in [1.29, 1.82) is 0 Å². The van der Waals surface area contributed by atoms with E-state index in [0.717, 1.165) is 16.9 Å². The topological polar surface area (TPSA) is 55.6 Å². The second-order valence-electron chi connectivity index (χ2n) is 8.05. The number of non-ortho nitro benzene ring substituents is 1. The van der Waals surface area contributed by atoms with Crippen LogP contribution in [0.3, 0.4) is 0 Å². The van der Waals surface area contributed by atoms with Gasteiger partial charge < -0.3 is 4.74 Å². The highest BCUT2D eigenvalue weighted by molar-refractivity contribution is 6.32. The van der Waals surface area contributed by atoms with Gasteiger partial charge in [0.15, 0.2) is 0 Å². The van der Waals surface area contributed by atoms with Gasteiger partial charge in [0.2, 0.25) is 5.72 Å². The van der Waals surface area contributed by atoms with Crippen LogP contribution < -0.4 is 9.64 Å². The van der Waals surface area contributed by atoms with Crippen LogP contribution in [0.2, 0.25) is 5.02 Å². The normalized spacial score (nSPS) is 20.6. The zero-order valence-corrected chi connectivity index (χ0v) is 17.3. The third-order valence-electron chi connectivity index (χ3n) is 6.07. The molecule has 150 valence electrons. The number of ether oxygens (including phenoxy) is 1. The molecule has 1 spiro atoms. The molecule has 0 N–H and O–H groups in total. The van der Waals surface area contributed by atoms with Crippen LogP contribution in [0.15, 0.2) is 72.8 Å². The SMILES string of the molecule is CC1(C)c2ccccc2N(c2ccccc2)C12C=Cc1cc([N+](=O)[O-])cc(Cl)c1O2. The summed E-state index contributed by atoms with van der Waals surface area (Å²) in [7, 11) is 0. The average molecular weight is 419 g/mol. The summed E-state index contributed by atoms with van der Waals surface area (Å²) in [4.78, 5) is 13.0. The Kier molecular flexibility index (Phi) is 3.95. The van der Waals surface area contributed by atoms with Gasteiger partial charge in [0.25, 0.3) is 5.69 Å². The number of para-hydroxylation sites is 2. The van der Waals surface area contributed by atoms with E-state index in [1.807, 2.05) is 54.6 Å². The van der Waals surface area contributed by atoms with Gasteiger partial charge in [0.05, 0.1) is 15.4 Å². The summed E-state index contributed by atoms with van der Waals surface area (Å²) in [5.41, 5.74) is 2.42. The molecular formula is C24H19ClN2O3. The smallest absolute Gasteiger partial charge is 0.271 e. The van der Waals surface area contributed by atoms with E-state index in [1.165, 1.54) is 12.1 Å². The summed E-state index contributed by atoms with van der Waals surface area (Å²) in [5.74, 6) is 0.451. The highest BCUT2D eigenvalue weighted by Gasteiger charge is 2.59. The fourth-order valence-electron chi connectivity index (χ4n) is 4.54. The van der Waals surface area contributed by atoms with Crippen molar-refractivity contribution < 1.29 is 9.66 Å².